The summed E-state index contributed by atoms with van der Waals surface area (Å²) in [6, 6.07) is 19.2. The lowest BCUT2D eigenvalue weighted by molar-refractivity contribution is -0.113. The lowest BCUT2D eigenvalue weighted by atomic mass is 10.0. The minimum absolute atomic E-state index is 0.0386. The molecule has 11 heteroatoms. The number of nitrogens with zero attached hydrogens (tertiary/aromatic N) is 1. The van der Waals surface area contributed by atoms with Gasteiger partial charge >= 0.3 is 0 Å². The van der Waals surface area contributed by atoms with Crippen molar-refractivity contribution in [1.29, 1.82) is 5.26 Å². The van der Waals surface area contributed by atoms with Crippen LogP contribution in [-0.4, -0.2) is 65.6 Å². The molecule has 1 aliphatic rings. The Morgan fingerprint density at radius 1 is 1.07 bits per heavy atom. The first-order valence-electron chi connectivity index (χ1n) is 12.8. The van der Waals surface area contributed by atoms with E-state index < -0.39 is 6.10 Å². The maximum absolute atomic E-state index is 12.1. The molecule has 3 N–H and O–H groups in total. The number of hydrogen-bond acceptors (Lipinski definition) is 11. The number of anilines is 1. The number of nitriles is 1. The van der Waals surface area contributed by atoms with Gasteiger partial charge in [-0.2, -0.15) is 5.26 Å². The number of rotatable bonds is 13. The topological polar surface area (TPSA) is 131 Å². The average Bonchev–Trinajstić information content (AvgIpc) is 3.44. The van der Waals surface area contributed by atoms with Gasteiger partial charge in [-0.15, -0.1) is 0 Å². The first kappa shape index (κ1) is 31.4. The molecule has 2 atom stereocenters. The van der Waals surface area contributed by atoms with E-state index in [1.807, 2.05) is 25.2 Å². The summed E-state index contributed by atoms with van der Waals surface area (Å²) in [7, 11) is 6.81. The van der Waals surface area contributed by atoms with E-state index in [4.69, 9.17) is 24.2 Å². The summed E-state index contributed by atoms with van der Waals surface area (Å²) in [5, 5.41) is 18.3. The van der Waals surface area contributed by atoms with Gasteiger partial charge in [0.05, 0.1) is 44.7 Å². The molecule has 4 rings (SSSR count). The number of Topliss-reactive ketones (excluding diaryl/α,β-unsaturated/α-hetero) is 1. The summed E-state index contributed by atoms with van der Waals surface area (Å²) in [5.41, 5.74) is 3.02. The van der Waals surface area contributed by atoms with E-state index in [-0.39, 0.29) is 17.8 Å². The van der Waals surface area contributed by atoms with Crippen molar-refractivity contribution < 1.29 is 28.5 Å². The van der Waals surface area contributed by atoms with Crippen LogP contribution < -0.4 is 30.2 Å². The van der Waals surface area contributed by atoms with Crippen molar-refractivity contribution in [2.75, 3.05) is 53.4 Å². The predicted molar refractivity (Wildman–Crippen MR) is 158 cm³/mol. The molecule has 2 unspecified atom stereocenters. The Morgan fingerprint density at radius 3 is 2.34 bits per heavy atom. The van der Waals surface area contributed by atoms with Crippen LogP contribution in [0.25, 0.3) is 0 Å². The molecule has 0 spiro atoms. The molecule has 0 saturated carbocycles. The number of ether oxygens (including phenoxy) is 4. The maximum atomic E-state index is 12.1. The van der Waals surface area contributed by atoms with Crippen molar-refractivity contribution in [3.05, 3.63) is 77.4 Å². The maximum Gasteiger partial charge on any atom is 0.179 e. The zero-order valence-electron chi connectivity index (χ0n) is 23.4. The van der Waals surface area contributed by atoms with Gasteiger partial charge in [0.15, 0.2) is 29.7 Å². The van der Waals surface area contributed by atoms with Crippen LogP contribution in [0.1, 0.15) is 27.6 Å². The van der Waals surface area contributed by atoms with E-state index in [1.54, 1.807) is 81.6 Å². The van der Waals surface area contributed by atoms with E-state index in [9.17, 15) is 9.59 Å². The van der Waals surface area contributed by atoms with Crippen LogP contribution in [0.5, 0.6) is 17.2 Å². The van der Waals surface area contributed by atoms with Crippen LogP contribution in [0.3, 0.4) is 0 Å². The number of aldehydes is 1. The number of thioether (sulfide) groups is 1. The fraction of sp³-hybridized carbons (Fsp3) is 0.300. The van der Waals surface area contributed by atoms with E-state index in [0.29, 0.717) is 41.9 Å². The SMILES string of the molecule is CNC1Nc2cc(OC)c(OC)cc2S1.COCCNCC(=O)c1ccc(C(C=O)Oc2ccc(C#N)cc2)cc1. The van der Waals surface area contributed by atoms with E-state index in [2.05, 4.69) is 16.0 Å². The number of carbonyl (C=O) groups excluding carboxylic acids is 2. The lowest BCUT2D eigenvalue weighted by Gasteiger charge is -2.14. The number of ketones is 1. The summed E-state index contributed by atoms with van der Waals surface area (Å²) in [4.78, 5) is 24.6. The van der Waals surface area contributed by atoms with Crippen LogP contribution in [0.2, 0.25) is 0 Å². The van der Waals surface area contributed by atoms with Gasteiger partial charge in [-0.1, -0.05) is 36.0 Å². The van der Waals surface area contributed by atoms with Crippen molar-refractivity contribution in [3.63, 3.8) is 0 Å². The van der Waals surface area contributed by atoms with E-state index in [0.717, 1.165) is 17.2 Å². The Bertz CT molecular complexity index is 1300. The molecule has 41 heavy (non-hydrogen) atoms. The smallest absolute Gasteiger partial charge is 0.179 e. The fourth-order valence-electron chi connectivity index (χ4n) is 3.77. The number of fused-ring (bicyclic) bond motifs is 1. The van der Waals surface area contributed by atoms with E-state index in [1.165, 1.54) is 4.90 Å². The second-order valence-electron chi connectivity index (χ2n) is 8.66. The molecule has 0 saturated heterocycles. The van der Waals surface area contributed by atoms with Gasteiger partial charge in [0.1, 0.15) is 11.2 Å². The third kappa shape index (κ3) is 8.96. The van der Waals surface area contributed by atoms with Gasteiger partial charge < -0.3 is 29.6 Å². The quantitative estimate of drug-likeness (QED) is 0.154. The zero-order valence-corrected chi connectivity index (χ0v) is 24.2. The fourth-order valence-corrected chi connectivity index (χ4v) is 4.74. The van der Waals surface area contributed by atoms with Crippen LogP contribution in [0, 0.1) is 11.3 Å². The molecule has 0 bridgehead atoms. The highest BCUT2D eigenvalue weighted by Gasteiger charge is 2.22. The van der Waals surface area contributed by atoms with Gasteiger partial charge in [0.25, 0.3) is 0 Å². The molecule has 0 aromatic heterocycles. The normalized spacial score (nSPS) is 13.9. The molecular weight excluding hydrogens is 544 g/mol. The Hall–Kier alpha value is -4.08. The highest BCUT2D eigenvalue weighted by molar-refractivity contribution is 8.00. The zero-order chi connectivity index (χ0) is 29.6. The van der Waals surface area contributed by atoms with Crippen LogP contribution in [-0.2, 0) is 9.53 Å². The number of nitrogens with one attached hydrogen (secondary N) is 3. The molecule has 216 valence electrons. The van der Waals surface area contributed by atoms with Gasteiger partial charge in [-0.05, 0) is 42.9 Å². The summed E-state index contributed by atoms with van der Waals surface area (Å²) < 4.78 is 21.0. The highest BCUT2D eigenvalue weighted by Crippen LogP contribution is 2.43. The van der Waals surface area contributed by atoms with Crippen molar-refractivity contribution in [1.82, 2.24) is 10.6 Å². The van der Waals surface area contributed by atoms with Crippen LogP contribution >= 0.6 is 11.8 Å². The third-order valence-corrected chi connectivity index (χ3v) is 7.16. The number of hydrogen-bond donors (Lipinski definition) is 3. The first-order valence-corrected chi connectivity index (χ1v) is 13.7. The Morgan fingerprint density at radius 2 is 1.76 bits per heavy atom. The second-order valence-corrected chi connectivity index (χ2v) is 9.81. The molecule has 0 fully saturated rings. The van der Waals surface area contributed by atoms with Crippen molar-refractivity contribution in [2.24, 2.45) is 0 Å². The predicted octanol–water partition coefficient (Wildman–Crippen LogP) is 4.02. The molecule has 10 nitrogen and oxygen atoms in total. The summed E-state index contributed by atoms with van der Waals surface area (Å²) in [6.07, 6.45) is -0.0895. The van der Waals surface area contributed by atoms with Crippen LogP contribution in [0.15, 0.2) is 65.6 Å². The van der Waals surface area contributed by atoms with Gasteiger partial charge in [0, 0.05) is 30.2 Å². The summed E-state index contributed by atoms with van der Waals surface area (Å²) >= 11 is 1.73. The van der Waals surface area contributed by atoms with Crippen molar-refractivity contribution >= 4 is 29.5 Å². The second kappa shape index (κ2) is 16.2. The molecule has 1 aliphatic heterocycles. The minimum atomic E-state index is -0.785. The molecule has 3 aromatic rings. The Labute approximate surface area is 244 Å². The van der Waals surface area contributed by atoms with Gasteiger partial charge in [-0.25, -0.2) is 0 Å². The van der Waals surface area contributed by atoms with Crippen LogP contribution in [0.4, 0.5) is 5.69 Å². The number of benzene rings is 3. The summed E-state index contributed by atoms with van der Waals surface area (Å²) in [6.45, 7) is 1.37. The molecule has 0 radical (unpaired) electrons. The molecular formula is C30H34N4O6S. The number of methoxy groups -OCH3 is 3. The molecule has 0 amide bonds. The average molecular weight is 579 g/mol. The van der Waals surface area contributed by atoms with Crippen molar-refractivity contribution in [2.45, 2.75) is 16.5 Å². The monoisotopic (exact) mass is 578 g/mol. The third-order valence-electron chi connectivity index (χ3n) is 5.98. The molecule has 0 aliphatic carbocycles. The Kier molecular flexibility index (Phi) is 12.5. The highest BCUT2D eigenvalue weighted by atomic mass is 32.2. The van der Waals surface area contributed by atoms with Gasteiger partial charge in [0.2, 0.25) is 0 Å². The van der Waals surface area contributed by atoms with Gasteiger partial charge in [-0.3, -0.25) is 14.9 Å². The molecule has 1 heterocycles. The van der Waals surface area contributed by atoms with E-state index >= 15 is 0 Å². The Balaban J connectivity index is 0.000000260. The van der Waals surface area contributed by atoms with Crippen molar-refractivity contribution in [3.8, 4) is 23.3 Å². The lowest BCUT2D eigenvalue weighted by Crippen LogP contribution is -2.26. The standard InChI is InChI=1S/C20H20N2O4.C10H14N2O2S/c1-25-11-10-22-13-19(24)16-4-6-17(7-5-16)20(14-23)26-18-8-2-15(12-21)3-9-18;1-11-10-12-6-4-7(13-2)8(14-3)5-9(6)15-10/h2-9,14,20,22H,10-11,13H2,1H3;4-5,10-12H,1-3H3. The largest absolute Gasteiger partial charge is 0.493 e. The number of carbonyl (C=O) groups is 2. The summed E-state index contributed by atoms with van der Waals surface area (Å²) in [5.74, 6) is 1.97. The molecule has 3 aromatic carbocycles. The minimum Gasteiger partial charge on any atom is -0.493 e. The first-order chi connectivity index (χ1) is 20.0.